The average molecular weight is 419 g/mol. The molecule has 0 unspecified atom stereocenters. The Hall–Kier alpha value is -1.84. The molecule has 1 rings (SSSR count). The van der Waals surface area contributed by atoms with E-state index in [1.807, 2.05) is 30.3 Å². The van der Waals surface area contributed by atoms with Crippen molar-refractivity contribution in [3.05, 3.63) is 35.9 Å². The van der Waals surface area contributed by atoms with Gasteiger partial charge in [-0.25, -0.2) is 0 Å². The van der Waals surface area contributed by atoms with E-state index in [9.17, 15) is 9.59 Å². The number of carbonyl (C=O) groups is 2. The maximum absolute atomic E-state index is 12.3. The highest BCUT2D eigenvalue weighted by molar-refractivity contribution is 5.99. The third-order valence-corrected chi connectivity index (χ3v) is 5.47. The molecule has 30 heavy (non-hydrogen) atoms. The zero-order chi connectivity index (χ0) is 22.1. The summed E-state index contributed by atoms with van der Waals surface area (Å²) >= 11 is 0. The molecule has 0 N–H and O–H groups in total. The molecule has 1 aromatic rings. The number of rotatable bonds is 17. The molecule has 0 fully saturated rings. The second kappa shape index (κ2) is 15.9. The van der Waals surface area contributed by atoms with Crippen molar-refractivity contribution in [2.24, 2.45) is 5.41 Å². The molecule has 0 saturated carbocycles. The van der Waals surface area contributed by atoms with Gasteiger partial charge in [0.25, 0.3) is 0 Å². The predicted octanol–water partition coefficient (Wildman–Crippen LogP) is 6.65. The molecule has 1 aromatic carbocycles. The van der Waals surface area contributed by atoms with E-state index in [-0.39, 0.29) is 6.61 Å². The Bertz CT molecular complexity index is 580. The molecular weight excluding hydrogens is 376 g/mol. The molecular formula is C26H42O4. The van der Waals surface area contributed by atoms with Gasteiger partial charge in [0.05, 0.1) is 13.2 Å². The van der Waals surface area contributed by atoms with Gasteiger partial charge in [-0.2, -0.15) is 0 Å². The van der Waals surface area contributed by atoms with E-state index in [2.05, 4.69) is 6.92 Å². The summed E-state index contributed by atoms with van der Waals surface area (Å²) < 4.78 is 10.6. The first kappa shape index (κ1) is 26.2. The van der Waals surface area contributed by atoms with Crippen LogP contribution >= 0.6 is 0 Å². The maximum atomic E-state index is 12.3. The number of unbranched alkanes of at least 4 members (excludes halogenated alkanes) is 10. The van der Waals surface area contributed by atoms with Crippen LogP contribution in [0.4, 0.5) is 0 Å². The second-order valence-corrected chi connectivity index (χ2v) is 8.67. The fourth-order valence-corrected chi connectivity index (χ4v) is 3.28. The zero-order valence-electron chi connectivity index (χ0n) is 19.4. The van der Waals surface area contributed by atoms with Crippen molar-refractivity contribution in [2.75, 3.05) is 13.2 Å². The lowest BCUT2D eigenvalue weighted by Crippen LogP contribution is -2.37. The quantitative estimate of drug-likeness (QED) is 0.161. The molecule has 0 saturated heterocycles. The van der Waals surface area contributed by atoms with Crippen molar-refractivity contribution in [2.45, 2.75) is 97.8 Å². The minimum absolute atomic E-state index is 0.262. The van der Waals surface area contributed by atoms with E-state index in [1.165, 1.54) is 57.8 Å². The number of carbonyl (C=O) groups excluding carboxylic acids is 2. The minimum Gasteiger partial charge on any atom is -0.465 e. The van der Waals surface area contributed by atoms with Crippen molar-refractivity contribution < 1.29 is 19.1 Å². The van der Waals surface area contributed by atoms with Crippen molar-refractivity contribution >= 4 is 11.9 Å². The van der Waals surface area contributed by atoms with Gasteiger partial charge in [-0.05, 0) is 25.8 Å². The zero-order valence-corrected chi connectivity index (χ0v) is 19.4. The first-order valence-electron chi connectivity index (χ1n) is 11.9. The summed E-state index contributed by atoms with van der Waals surface area (Å²) in [5.41, 5.74) is -0.170. The molecule has 4 heteroatoms. The summed E-state index contributed by atoms with van der Waals surface area (Å²) in [5.74, 6) is -1.03. The fraction of sp³-hybridized carbons (Fsp3) is 0.692. The van der Waals surface area contributed by atoms with E-state index in [4.69, 9.17) is 9.47 Å². The third kappa shape index (κ3) is 11.4. The van der Waals surface area contributed by atoms with Crippen molar-refractivity contribution in [1.82, 2.24) is 0 Å². The van der Waals surface area contributed by atoms with Gasteiger partial charge < -0.3 is 9.47 Å². The highest BCUT2D eigenvalue weighted by Gasteiger charge is 2.39. The van der Waals surface area contributed by atoms with Gasteiger partial charge in [0, 0.05) is 6.42 Å². The molecule has 0 atom stereocenters. The number of hydrogen-bond donors (Lipinski definition) is 0. The van der Waals surface area contributed by atoms with E-state index in [0.29, 0.717) is 13.0 Å². The molecule has 0 aliphatic carbocycles. The Kier molecular flexibility index (Phi) is 13.9. The van der Waals surface area contributed by atoms with Gasteiger partial charge in [-0.3, -0.25) is 9.59 Å². The highest BCUT2D eigenvalue weighted by atomic mass is 16.6. The van der Waals surface area contributed by atoms with Crippen molar-refractivity contribution in [3.63, 3.8) is 0 Å². The molecule has 4 nitrogen and oxygen atoms in total. The lowest BCUT2D eigenvalue weighted by atomic mass is 9.94. The Labute approximate surface area is 183 Å². The van der Waals surface area contributed by atoms with Crippen LogP contribution in [0, 0.1) is 5.41 Å². The van der Waals surface area contributed by atoms with Gasteiger partial charge in [0.1, 0.15) is 0 Å². The first-order chi connectivity index (χ1) is 14.5. The molecule has 0 aliphatic heterocycles. The number of benzene rings is 1. The van der Waals surface area contributed by atoms with Crippen LogP contribution in [-0.2, 0) is 25.5 Å². The summed E-state index contributed by atoms with van der Waals surface area (Å²) in [6.07, 6.45) is 14.4. The largest absolute Gasteiger partial charge is 0.465 e. The molecule has 0 aliphatic rings. The molecule has 0 radical (unpaired) electrons. The molecule has 0 aromatic heterocycles. The van der Waals surface area contributed by atoms with Crippen LogP contribution in [0.5, 0.6) is 0 Å². The molecule has 0 bridgehead atoms. The normalized spacial score (nSPS) is 11.3. The van der Waals surface area contributed by atoms with E-state index in [1.54, 1.807) is 13.8 Å². The number of ether oxygens (including phenoxy) is 2. The highest BCUT2D eigenvalue weighted by Crippen LogP contribution is 2.20. The van der Waals surface area contributed by atoms with E-state index >= 15 is 0 Å². The van der Waals surface area contributed by atoms with Crippen molar-refractivity contribution in [1.29, 1.82) is 0 Å². The Morgan fingerprint density at radius 3 is 1.70 bits per heavy atom. The number of esters is 2. The maximum Gasteiger partial charge on any atom is 0.322 e. The minimum atomic E-state index is -1.27. The summed E-state index contributed by atoms with van der Waals surface area (Å²) in [6.45, 7) is 6.02. The predicted molar refractivity (Wildman–Crippen MR) is 122 cm³/mol. The van der Waals surface area contributed by atoms with Gasteiger partial charge in [-0.1, -0.05) is 101 Å². The van der Waals surface area contributed by atoms with Crippen LogP contribution in [-0.4, -0.2) is 25.2 Å². The Morgan fingerprint density at radius 2 is 1.17 bits per heavy atom. The summed E-state index contributed by atoms with van der Waals surface area (Å²) in [5, 5.41) is 0. The topological polar surface area (TPSA) is 52.6 Å². The molecule has 0 spiro atoms. The van der Waals surface area contributed by atoms with Crippen molar-refractivity contribution in [3.8, 4) is 0 Å². The van der Waals surface area contributed by atoms with Crippen LogP contribution in [0.3, 0.4) is 0 Å². The van der Waals surface area contributed by atoms with Gasteiger partial charge in [0.15, 0.2) is 5.41 Å². The van der Waals surface area contributed by atoms with E-state index in [0.717, 1.165) is 18.4 Å². The van der Waals surface area contributed by atoms with Gasteiger partial charge >= 0.3 is 11.9 Å². The van der Waals surface area contributed by atoms with Crippen LogP contribution < -0.4 is 0 Å². The monoisotopic (exact) mass is 418 g/mol. The Balaban J connectivity index is 2.06. The fourth-order valence-electron chi connectivity index (χ4n) is 3.28. The number of hydrogen-bond acceptors (Lipinski definition) is 4. The van der Waals surface area contributed by atoms with E-state index < -0.39 is 17.4 Å². The van der Waals surface area contributed by atoms with Crippen LogP contribution in [0.1, 0.15) is 97.0 Å². The van der Waals surface area contributed by atoms with Gasteiger partial charge in [0.2, 0.25) is 0 Å². The lowest BCUT2D eigenvalue weighted by Gasteiger charge is -2.20. The van der Waals surface area contributed by atoms with Gasteiger partial charge in [-0.15, -0.1) is 0 Å². The average Bonchev–Trinajstić information content (AvgIpc) is 2.75. The first-order valence-corrected chi connectivity index (χ1v) is 11.9. The van der Waals surface area contributed by atoms with Crippen LogP contribution in [0.2, 0.25) is 0 Å². The van der Waals surface area contributed by atoms with Crippen LogP contribution in [0.25, 0.3) is 0 Å². The molecule has 0 amide bonds. The second-order valence-electron chi connectivity index (χ2n) is 8.67. The molecule has 170 valence electrons. The molecule has 0 heterocycles. The Morgan fingerprint density at radius 1 is 0.700 bits per heavy atom. The SMILES string of the molecule is CCCCCCCCCCCCCOC(=O)C(C)(C)C(=O)OCCc1ccccc1. The smallest absolute Gasteiger partial charge is 0.322 e. The standard InChI is InChI=1S/C26H42O4/c1-4-5-6-7-8-9-10-11-12-13-17-21-29-24(27)26(2,3)25(28)30-22-20-23-18-15-14-16-19-23/h14-16,18-19H,4-13,17,20-22H2,1-3H3. The lowest BCUT2D eigenvalue weighted by molar-refractivity contribution is -0.169. The van der Waals surface area contributed by atoms with Crippen LogP contribution in [0.15, 0.2) is 30.3 Å². The summed E-state index contributed by atoms with van der Waals surface area (Å²) in [7, 11) is 0. The third-order valence-electron chi connectivity index (χ3n) is 5.47. The summed E-state index contributed by atoms with van der Waals surface area (Å²) in [6, 6.07) is 9.83. The summed E-state index contributed by atoms with van der Waals surface area (Å²) in [4.78, 5) is 24.6.